The third kappa shape index (κ3) is 10.1. The number of hydrogen-bond acceptors (Lipinski definition) is 3. The molecule has 208 valence electrons. The van der Waals surface area contributed by atoms with Crippen molar-refractivity contribution >= 4 is 23.5 Å². The molecule has 0 bridgehead atoms. The molecule has 0 saturated carbocycles. The molecular formula is C33H40ClNO4. The van der Waals surface area contributed by atoms with E-state index in [9.17, 15) is 9.59 Å². The number of amides is 1. The van der Waals surface area contributed by atoms with E-state index in [4.69, 9.17) is 21.4 Å². The fraction of sp³-hybridized carbons (Fsp3) is 0.394. The van der Waals surface area contributed by atoms with Gasteiger partial charge in [0.1, 0.15) is 5.75 Å². The fourth-order valence-electron chi connectivity index (χ4n) is 4.33. The Balaban J connectivity index is 1.30. The van der Waals surface area contributed by atoms with Crippen LogP contribution in [0.2, 0.25) is 5.02 Å². The minimum Gasteiger partial charge on any atom is -0.494 e. The summed E-state index contributed by atoms with van der Waals surface area (Å²) in [5, 5.41) is 12.0. The van der Waals surface area contributed by atoms with Gasteiger partial charge in [-0.2, -0.15) is 0 Å². The summed E-state index contributed by atoms with van der Waals surface area (Å²) < 4.78 is 5.94. The molecule has 3 rings (SSSR count). The van der Waals surface area contributed by atoms with Gasteiger partial charge < -0.3 is 15.2 Å². The summed E-state index contributed by atoms with van der Waals surface area (Å²) in [6, 6.07) is 22.0. The highest BCUT2D eigenvalue weighted by atomic mass is 35.5. The number of aryl methyl sites for hydroxylation is 1. The summed E-state index contributed by atoms with van der Waals surface area (Å²) in [7, 11) is 0. The number of hydrogen-bond donors (Lipinski definition) is 2. The van der Waals surface area contributed by atoms with Gasteiger partial charge in [-0.3, -0.25) is 9.59 Å². The SMILES string of the molecule is CC(C)(C)c1ccc(-c2ccc(OCCCCCCCc3ccc(C(=O)NCCC(=O)O)cc3)cc2Cl)cc1. The molecule has 0 saturated heterocycles. The van der Waals surface area contributed by atoms with Crippen molar-refractivity contribution in [3.63, 3.8) is 0 Å². The molecule has 0 fully saturated rings. The van der Waals surface area contributed by atoms with Crippen LogP contribution in [-0.2, 0) is 16.6 Å². The maximum Gasteiger partial charge on any atom is 0.305 e. The molecule has 2 N–H and O–H groups in total. The first-order valence-corrected chi connectivity index (χ1v) is 14.1. The van der Waals surface area contributed by atoms with E-state index in [-0.39, 0.29) is 24.3 Å². The summed E-state index contributed by atoms with van der Waals surface area (Å²) in [4.78, 5) is 22.6. The molecular weight excluding hydrogens is 510 g/mol. The van der Waals surface area contributed by atoms with Gasteiger partial charge in [0, 0.05) is 17.7 Å². The van der Waals surface area contributed by atoms with Gasteiger partial charge in [-0.1, -0.05) is 88.0 Å². The van der Waals surface area contributed by atoms with Crippen LogP contribution in [0.1, 0.15) is 80.8 Å². The first kappa shape index (κ1) is 30.2. The van der Waals surface area contributed by atoms with E-state index < -0.39 is 5.97 Å². The Labute approximate surface area is 237 Å². The van der Waals surface area contributed by atoms with Gasteiger partial charge in [0.2, 0.25) is 0 Å². The highest BCUT2D eigenvalue weighted by Gasteiger charge is 2.14. The highest BCUT2D eigenvalue weighted by molar-refractivity contribution is 6.33. The van der Waals surface area contributed by atoms with E-state index in [2.05, 4.69) is 50.4 Å². The van der Waals surface area contributed by atoms with Crippen LogP contribution in [0.25, 0.3) is 11.1 Å². The van der Waals surface area contributed by atoms with E-state index in [1.54, 1.807) is 12.1 Å². The van der Waals surface area contributed by atoms with Crippen molar-refractivity contribution < 1.29 is 19.4 Å². The molecule has 0 aliphatic rings. The summed E-state index contributed by atoms with van der Waals surface area (Å²) in [5.74, 6) is -0.366. The van der Waals surface area contributed by atoms with Crippen molar-refractivity contribution in [1.82, 2.24) is 5.32 Å². The van der Waals surface area contributed by atoms with Crippen molar-refractivity contribution in [2.75, 3.05) is 13.2 Å². The Morgan fingerprint density at radius 2 is 1.54 bits per heavy atom. The third-order valence-electron chi connectivity index (χ3n) is 6.72. The van der Waals surface area contributed by atoms with E-state index in [1.807, 2.05) is 30.3 Å². The standard InChI is InChI=1S/C33H40ClNO4/c1-33(2,3)27-16-14-25(15-17-27)29-19-18-28(23-30(29)34)39-22-8-6-4-5-7-9-24-10-12-26(13-11-24)32(38)35-21-20-31(36)37/h10-19,23H,4-9,20-22H2,1-3H3,(H,35,38)(H,36,37). The Kier molecular flexibility index (Phi) is 11.4. The first-order valence-electron chi connectivity index (χ1n) is 13.8. The lowest BCUT2D eigenvalue weighted by molar-refractivity contribution is -0.136. The molecule has 5 nitrogen and oxygen atoms in total. The van der Waals surface area contributed by atoms with Crippen LogP contribution in [0.5, 0.6) is 5.75 Å². The summed E-state index contributed by atoms with van der Waals surface area (Å²) in [6.45, 7) is 7.44. The van der Waals surface area contributed by atoms with Gasteiger partial charge in [0.25, 0.3) is 5.91 Å². The molecule has 0 aromatic heterocycles. The van der Waals surface area contributed by atoms with Crippen molar-refractivity contribution in [3.05, 3.63) is 88.4 Å². The number of ether oxygens (including phenoxy) is 1. The Hall–Kier alpha value is -3.31. The lowest BCUT2D eigenvalue weighted by Crippen LogP contribution is -2.25. The minimum atomic E-state index is -0.924. The highest BCUT2D eigenvalue weighted by Crippen LogP contribution is 2.33. The number of rotatable bonds is 14. The number of halogens is 1. The smallest absolute Gasteiger partial charge is 0.305 e. The third-order valence-corrected chi connectivity index (χ3v) is 7.03. The zero-order valence-electron chi connectivity index (χ0n) is 23.3. The molecule has 0 aliphatic carbocycles. The average Bonchev–Trinajstić information content (AvgIpc) is 2.90. The van der Waals surface area contributed by atoms with E-state index in [0.717, 1.165) is 55.4 Å². The van der Waals surface area contributed by atoms with Crippen LogP contribution in [0.4, 0.5) is 0 Å². The molecule has 1 amide bonds. The van der Waals surface area contributed by atoms with Crippen LogP contribution < -0.4 is 10.1 Å². The average molecular weight is 550 g/mol. The number of unbranched alkanes of at least 4 members (excludes halogenated alkanes) is 4. The van der Waals surface area contributed by atoms with E-state index in [1.165, 1.54) is 11.1 Å². The minimum absolute atomic E-state index is 0.0785. The zero-order valence-corrected chi connectivity index (χ0v) is 24.0. The predicted molar refractivity (Wildman–Crippen MR) is 159 cm³/mol. The van der Waals surface area contributed by atoms with Gasteiger partial charge >= 0.3 is 5.97 Å². The molecule has 3 aromatic carbocycles. The lowest BCUT2D eigenvalue weighted by Gasteiger charge is -2.19. The molecule has 0 spiro atoms. The number of carboxylic acid groups (broad SMARTS) is 1. The molecule has 6 heteroatoms. The molecule has 0 aliphatic heterocycles. The second-order valence-electron chi connectivity index (χ2n) is 10.9. The number of carbonyl (C=O) groups is 2. The number of carboxylic acids is 1. The van der Waals surface area contributed by atoms with Gasteiger partial charge in [-0.05, 0) is 71.7 Å². The number of benzene rings is 3. The van der Waals surface area contributed by atoms with E-state index >= 15 is 0 Å². The molecule has 0 heterocycles. The zero-order chi connectivity index (χ0) is 28.3. The van der Waals surface area contributed by atoms with Crippen molar-refractivity contribution in [2.24, 2.45) is 0 Å². The Morgan fingerprint density at radius 1 is 0.872 bits per heavy atom. The monoisotopic (exact) mass is 549 g/mol. The van der Waals surface area contributed by atoms with Crippen molar-refractivity contribution in [1.29, 1.82) is 0 Å². The van der Waals surface area contributed by atoms with Crippen LogP contribution in [0, 0.1) is 0 Å². The second-order valence-corrected chi connectivity index (χ2v) is 11.3. The maximum absolute atomic E-state index is 12.0. The van der Waals surface area contributed by atoms with Crippen LogP contribution >= 0.6 is 11.6 Å². The van der Waals surface area contributed by atoms with Crippen LogP contribution in [0.3, 0.4) is 0 Å². The number of nitrogens with one attached hydrogen (secondary N) is 1. The Morgan fingerprint density at radius 3 is 2.18 bits per heavy atom. The van der Waals surface area contributed by atoms with Gasteiger partial charge in [0.15, 0.2) is 0 Å². The van der Waals surface area contributed by atoms with Gasteiger partial charge in [0.05, 0.1) is 18.1 Å². The topological polar surface area (TPSA) is 75.6 Å². The van der Waals surface area contributed by atoms with Crippen molar-refractivity contribution in [3.8, 4) is 16.9 Å². The lowest BCUT2D eigenvalue weighted by atomic mass is 9.86. The molecule has 39 heavy (non-hydrogen) atoms. The second kappa shape index (κ2) is 14.7. The van der Waals surface area contributed by atoms with Crippen LogP contribution in [0.15, 0.2) is 66.7 Å². The van der Waals surface area contributed by atoms with Gasteiger partial charge in [-0.25, -0.2) is 0 Å². The normalized spacial score (nSPS) is 11.3. The predicted octanol–water partition coefficient (Wildman–Crippen LogP) is 8.08. The van der Waals surface area contributed by atoms with Crippen molar-refractivity contribution in [2.45, 2.75) is 71.1 Å². The fourth-order valence-corrected chi connectivity index (χ4v) is 4.61. The maximum atomic E-state index is 12.0. The summed E-state index contributed by atoms with van der Waals surface area (Å²) in [6.07, 6.45) is 6.40. The number of aliphatic carboxylic acids is 1. The van der Waals surface area contributed by atoms with Gasteiger partial charge in [-0.15, -0.1) is 0 Å². The largest absolute Gasteiger partial charge is 0.494 e. The number of carbonyl (C=O) groups excluding carboxylic acids is 1. The van der Waals surface area contributed by atoms with E-state index in [0.29, 0.717) is 17.2 Å². The molecule has 0 atom stereocenters. The molecule has 0 unspecified atom stereocenters. The van der Waals surface area contributed by atoms with Crippen LogP contribution in [-0.4, -0.2) is 30.1 Å². The summed E-state index contributed by atoms with van der Waals surface area (Å²) in [5.41, 5.74) is 5.29. The quantitative estimate of drug-likeness (QED) is 0.199. The molecule has 3 aromatic rings. The Bertz CT molecular complexity index is 1210. The molecule has 0 radical (unpaired) electrons. The summed E-state index contributed by atoms with van der Waals surface area (Å²) >= 11 is 6.58. The first-order chi connectivity index (χ1) is 18.6.